The van der Waals surface area contributed by atoms with Gasteiger partial charge in [-0.2, -0.15) is 0 Å². The minimum absolute atomic E-state index is 0.00810. The Hall–Kier alpha value is -2.00. The van der Waals surface area contributed by atoms with Crippen LogP contribution in [0.4, 0.5) is 0 Å². The highest BCUT2D eigenvalue weighted by Crippen LogP contribution is 2.40. The molecule has 7 nitrogen and oxygen atoms in total. The number of nitrogens with one attached hydrogen (secondary N) is 1. The van der Waals surface area contributed by atoms with Crippen LogP contribution >= 0.6 is 12.2 Å². The zero-order valence-corrected chi connectivity index (χ0v) is 19.3. The lowest BCUT2D eigenvalue weighted by Crippen LogP contribution is -2.37. The quantitative estimate of drug-likeness (QED) is 0.606. The SMILES string of the molecule is Cc1cc([C@@H]2[C@@H](c3ccccn3)NC(=S)N2CCO)c(C)n1CCCN1CCOCC1. The standard InChI is InChI=1S/C23H33N5O2S/c1-17-16-19(18(2)27(17)9-5-8-26-11-14-30-15-12-26)22-21(20-6-3-4-7-24-20)25-23(31)28(22)10-13-29/h3-4,6-7,16,21-22,29H,5,8-15H2,1-2H3,(H,25,31)/t21-,22-/m1/s1. The van der Waals surface area contributed by atoms with Crippen LogP contribution < -0.4 is 5.32 Å². The van der Waals surface area contributed by atoms with E-state index in [1.807, 2.05) is 24.4 Å². The molecule has 2 N–H and O–H groups in total. The molecular weight excluding hydrogens is 410 g/mol. The van der Waals surface area contributed by atoms with Gasteiger partial charge in [0.2, 0.25) is 0 Å². The summed E-state index contributed by atoms with van der Waals surface area (Å²) in [6, 6.07) is 8.23. The molecule has 2 aliphatic rings. The number of morpholine rings is 1. The first-order valence-electron chi connectivity index (χ1n) is 11.2. The van der Waals surface area contributed by atoms with Gasteiger partial charge in [0.1, 0.15) is 0 Å². The van der Waals surface area contributed by atoms with E-state index in [-0.39, 0.29) is 18.7 Å². The van der Waals surface area contributed by atoms with Gasteiger partial charge in [0.25, 0.3) is 0 Å². The molecule has 0 unspecified atom stereocenters. The summed E-state index contributed by atoms with van der Waals surface area (Å²) in [5, 5.41) is 13.8. The van der Waals surface area contributed by atoms with Gasteiger partial charge in [-0.3, -0.25) is 9.88 Å². The summed E-state index contributed by atoms with van der Waals surface area (Å²) < 4.78 is 7.88. The molecule has 2 aliphatic heterocycles. The average Bonchev–Trinajstić information content (AvgIpc) is 3.26. The van der Waals surface area contributed by atoms with Crippen LogP contribution in [0.3, 0.4) is 0 Å². The minimum Gasteiger partial charge on any atom is -0.395 e. The third-order valence-corrected chi connectivity index (χ3v) is 6.78. The van der Waals surface area contributed by atoms with Gasteiger partial charge in [-0.15, -0.1) is 0 Å². The zero-order valence-electron chi connectivity index (χ0n) is 18.5. The predicted molar refractivity (Wildman–Crippen MR) is 125 cm³/mol. The van der Waals surface area contributed by atoms with Gasteiger partial charge < -0.3 is 24.6 Å². The Morgan fingerprint density at radius 3 is 2.71 bits per heavy atom. The Morgan fingerprint density at radius 1 is 1.19 bits per heavy atom. The van der Waals surface area contributed by atoms with Crippen molar-refractivity contribution in [2.45, 2.75) is 38.9 Å². The maximum Gasteiger partial charge on any atom is 0.170 e. The molecule has 4 heterocycles. The van der Waals surface area contributed by atoms with E-state index in [0.717, 1.165) is 51.5 Å². The van der Waals surface area contributed by atoms with Crippen LogP contribution in [-0.2, 0) is 11.3 Å². The van der Waals surface area contributed by atoms with Crippen LogP contribution in [0.2, 0.25) is 0 Å². The molecule has 0 aromatic carbocycles. The fourth-order valence-electron chi connectivity index (χ4n) is 4.84. The first-order chi connectivity index (χ1) is 15.1. The van der Waals surface area contributed by atoms with Gasteiger partial charge >= 0.3 is 0 Å². The number of pyridine rings is 1. The zero-order chi connectivity index (χ0) is 21.8. The Morgan fingerprint density at radius 2 is 2.00 bits per heavy atom. The number of rotatable bonds is 8. The summed E-state index contributed by atoms with van der Waals surface area (Å²) in [6.45, 7) is 10.8. The van der Waals surface area contributed by atoms with E-state index in [0.29, 0.717) is 11.7 Å². The van der Waals surface area contributed by atoms with Crippen LogP contribution in [0, 0.1) is 13.8 Å². The van der Waals surface area contributed by atoms with Crippen LogP contribution in [0.1, 0.15) is 41.1 Å². The second kappa shape index (κ2) is 10.1. The van der Waals surface area contributed by atoms with Crippen LogP contribution in [0.15, 0.2) is 30.5 Å². The largest absolute Gasteiger partial charge is 0.395 e. The number of aromatic nitrogens is 2. The predicted octanol–water partition coefficient (Wildman–Crippen LogP) is 2.19. The topological polar surface area (TPSA) is 65.8 Å². The number of hydrogen-bond donors (Lipinski definition) is 2. The smallest absolute Gasteiger partial charge is 0.170 e. The Kier molecular flexibility index (Phi) is 7.22. The van der Waals surface area contributed by atoms with Gasteiger partial charge in [0.15, 0.2) is 5.11 Å². The third-order valence-electron chi connectivity index (χ3n) is 6.43. The van der Waals surface area contributed by atoms with E-state index < -0.39 is 0 Å². The molecule has 2 aromatic rings. The molecule has 31 heavy (non-hydrogen) atoms. The highest BCUT2D eigenvalue weighted by atomic mass is 32.1. The molecule has 4 rings (SSSR count). The maximum atomic E-state index is 9.67. The number of thiocarbonyl (C=S) groups is 1. The summed E-state index contributed by atoms with van der Waals surface area (Å²) in [6.07, 6.45) is 2.93. The molecule has 2 fully saturated rings. The van der Waals surface area contributed by atoms with E-state index in [2.05, 4.69) is 44.6 Å². The van der Waals surface area contributed by atoms with Gasteiger partial charge in [-0.05, 0) is 56.2 Å². The van der Waals surface area contributed by atoms with Crippen molar-refractivity contribution in [2.24, 2.45) is 0 Å². The lowest BCUT2D eigenvalue weighted by Gasteiger charge is -2.28. The Balaban J connectivity index is 1.56. The molecule has 0 aliphatic carbocycles. The molecule has 0 saturated carbocycles. The van der Waals surface area contributed by atoms with Crippen molar-refractivity contribution < 1.29 is 9.84 Å². The fourth-order valence-corrected chi connectivity index (χ4v) is 5.17. The maximum absolute atomic E-state index is 9.67. The van der Waals surface area contributed by atoms with E-state index >= 15 is 0 Å². The van der Waals surface area contributed by atoms with Crippen molar-refractivity contribution >= 4 is 17.3 Å². The first kappa shape index (κ1) is 22.2. The van der Waals surface area contributed by atoms with Crippen molar-refractivity contribution in [3.8, 4) is 0 Å². The van der Waals surface area contributed by atoms with Crippen molar-refractivity contribution in [3.63, 3.8) is 0 Å². The van der Waals surface area contributed by atoms with Crippen molar-refractivity contribution in [1.82, 2.24) is 24.7 Å². The van der Waals surface area contributed by atoms with Crippen LogP contribution in [-0.4, -0.2) is 75.6 Å². The van der Waals surface area contributed by atoms with Crippen molar-refractivity contribution in [1.29, 1.82) is 0 Å². The molecular formula is C23H33N5O2S. The highest BCUT2D eigenvalue weighted by Gasteiger charge is 2.40. The Bertz CT molecular complexity index is 882. The number of aryl methyl sites for hydroxylation is 1. The summed E-state index contributed by atoms with van der Waals surface area (Å²) in [5.41, 5.74) is 4.74. The monoisotopic (exact) mass is 443 g/mol. The molecule has 0 amide bonds. The second-order valence-electron chi connectivity index (χ2n) is 8.33. The van der Waals surface area contributed by atoms with E-state index in [9.17, 15) is 5.11 Å². The van der Waals surface area contributed by atoms with E-state index in [1.54, 1.807) is 0 Å². The Labute approximate surface area is 190 Å². The fraction of sp³-hybridized carbons (Fsp3) is 0.565. The van der Waals surface area contributed by atoms with Gasteiger partial charge in [-0.1, -0.05) is 6.07 Å². The van der Waals surface area contributed by atoms with Gasteiger partial charge in [0.05, 0.1) is 37.6 Å². The summed E-state index contributed by atoms with van der Waals surface area (Å²) in [7, 11) is 0. The number of ether oxygens (including phenoxy) is 1. The second-order valence-corrected chi connectivity index (χ2v) is 8.72. The number of β-amino-alcohol motifs (C(OH)–C–C–N with tert-alkyl or cyclic N) is 1. The van der Waals surface area contributed by atoms with Crippen molar-refractivity contribution in [3.05, 3.63) is 53.1 Å². The molecule has 0 radical (unpaired) electrons. The molecule has 168 valence electrons. The summed E-state index contributed by atoms with van der Waals surface area (Å²) in [4.78, 5) is 9.18. The average molecular weight is 444 g/mol. The normalized spacial score (nSPS) is 22.2. The van der Waals surface area contributed by atoms with E-state index in [1.165, 1.54) is 17.0 Å². The first-order valence-corrected chi connectivity index (χ1v) is 11.6. The number of aliphatic hydroxyl groups is 1. The van der Waals surface area contributed by atoms with E-state index in [4.69, 9.17) is 17.0 Å². The minimum atomic E-state index is -0.0393. The molecule has 0 spiro atoms. The van der Waals surface area contributed by atoms with Crippen LogP contribution in [0.25, 0.3) is 0 Å². The van der Waals surface area contributed by atoms with Crippen LogP contribution in [0.5, 0.6) is 0 Å². The van der Waals surface area contributed by atoms with Gasteiger partial charge in [0, 0.05) is 50.3 Å². The molecule has 2 saturated heterocycles. The van der Waals surface area contributed by atoms with Gasteiger partial charge in [-0.25, -0.2) is 0 Å². The molecule has 2 aromatic heterocycles. The lowest BCUT2D eigenvalue weighted by molar-refractivity contribution is 0.0369. The molecule has 0 bridgehead atoms. The number of aliphatic hydroxyl groups excluding tert-OH is 1. The lowest BCUT2D eigenvalue weighted by atomic mass is 9.97. The number of hydrogen-bond acceptors (Lipinski definition) is 5. The van der Waals surface area contributed by atoms with Crippen molar-refractivity contribution in [2.75, 3.05) is 46.0 Å². The molecule has 2 atom stereocenters. The summed E-state index contributed by atoms with van der Waals surface area (Å²) >= 11 is 5.64. The highest BCUT2D eigenvalue weighted by molar-refractivity contribution is 7.80. The third kappa shape index (κ3) is 4.77. The molecule has 8 heteroatoms. The number of nitrogens with zero attached hydrogens (tertiary/aromatic N) is 4. The summed E-state index contributed by atoms with van der Waals surface area (Å²) in [5.74, 6) is 0.